The number of rotatable bonds is 9. The molecule has 1 aromatic carbocycles. The van der Waals surface area contributed by atoms with Crippen LogP contribution in [0.5, 0.6) is 0 Å². The van der Waals surface area contributed by atoms with Gasteiger partial charge >= 0.3 is 0 Å². The van der Waals surface area contributed by atoms with E-state index in [-0.39, 0.29) is 24.8 Å². The van der Waals surface area contributed by atoms with E-state index < -0.39 is 17.4 Å². The lowest BCUT2D eigenvalue weighted by atomic mass is 9.70. The van der Waals surface area contributed by atoms with Crippen LogP contribution in [0.15, 0.2) is 36.5 Å². The van der Waals surface area contributed by atoms with E-state index in [9.17, 15) is 9.59 Å². The molecule has 2 atom stereocenters. The normalized spacial score (nSPS) is 14.3. The molecule has 0 fully saturated rings. The minimum atomic E-state index is -1.23. The second-order valence-corrected chi connectivity index (χ2v) is 8.87. The maximum Gasteiger partial charge on any atom is 0.239 e. The van der Waals surface area contributed by atoms with E-state index in [1.807, 2.05) is 13.8 Å². The summed E-state index contributed by atoms with van der Waals surface area (Å²) in [5, 5.41) is 3.72. The van der Waals surface area contributed by atoms with Gasteiger partial charge in [0.1, 0.15) is 11.4 Å². The molecule has 0 saturated heterocycles. The number of anilines is 1. The molecule has 2 amide bonds. The number of primary amides is 1. The largest absolute Gasteiger partial charge is 0.384 e. The zero-order valence-electron chi connectivity index (χ0n) is 18.2. The van der Waals surface area contributed by atoms with Gasteiger partial charge in [0, 0.05) is 12.7 Å². The lowest BCUT2D eigenvalue weighted by molar-refractivity contribution is -0.145. The van der Waals surface area contributed by atoms with Crippen molar-refractivity contribution in [2.75, 3.05) is 19.8 Å². The van der Waals surface area contributed by atoms with E-state index in [2.05, 4.69) is 10.3 Å². The number of carbonyl (C=O) groups is 2. The highest BCUT2D eigenvalue weighted by atomic mass is 35.5. The molecule has 31 heavy (non-hydrogen) atoms. The highest BCUT2D eigenvalue weighted by molar-refractivity contribution is 6.42. The Labute approximate surface area is 193 Å². The number of halogens is 2. The fourth-order valence-electron chi connectivity index (χ4n) is 4.11. The van der Waals surface area contributed by atoms with Gasteiger partial charge in [0.25, 0.3) is 0 Å². The molecule has 5 N–H and O–H groups in total. The van der Waals surface area contributed by atoms with E-state index in [0.717, 1.165) is 11.1 Å². The van der Waals surface area contributed by atoms with E-state index >= 15 is 0 Å². The van der Waals surface area contributed by atoms with Gasteiger partial charge in [-0.25, -0.2) is 4.98 Å². The highest BCUT2D eigenvalue weighted by Gasteiger charge is 2.52. The quantitative estimate of drug-likeness (QED) is 0.526. The number of nitrogens with two attached hydrogens (primary N) is 2. The van der Waals surface area contributed by atoms with Gasteiger partial charge in [-0.05, 0) is 55.8 Å². The van der Waals surface area contributed by atoms with Crippen molar-refractivity contribution in [2.24, 2.45) is 17.6 Å². The second kappa shape index (κ2) is 10.3. The molecule has 168 valence electrons. The van der Waals surface area contributed by atoms with Crippen LogP contribution in [0.1, 0.15) is 25.0 Å². The SMILES string of the molecule is CC(C)C(C(N)=O)([C@H](Cc1ccc(Cl)c(Cl)c1)C(=O)NCc1ccc(N)nc1)N(C)C. The Morgan fingerprint density at radius 1 is 1.13 bits per heavy atom. The van der Waals surface area contributed by atoms with Crippen molar-refractivity contribution in [3.8, 4) is 0 Å². The Kier molecular flexibility index (Phi) is 8.28. The molecule has 9 heteroatoms. The van der Waals surface area contributed by atoms with E-state index in [1.165, 1.54) is 0 Å². The van der Waals surface area contributed by atoms with Crippen LogP contribution < -0.4 is 16.8 Å². The van der Waals surface area contributed by atoms with Crippen molar-refractivity contribution >= 4 is 40.8 Å². The zero-order chi connectivity index (χ0) is 23.3. The summed E-state index contributed by atoms with van der Waals surface area (Å²) in [6.07, 6.45) is 1.85. The number of benzene rings is 1. The molecule has 1 heterocycles. The molecule has 2 rings (SSSR count). The summed E-state index contributed by atoms with van der Waals surface area (Å²) in [6.45, 7) is 4.00. The van der Waals surface area contributed by atoms with Crippen LogP contribution in [0.2, 0.25) is 10.0 Å². The third-order valence-electron chi connectivity index (χ3n) is 5.60. The first-order valence-corrected chi connectivity index (χ1v) is 10.6. The number of pyridine rings is 1. The standard InChI is InChI=1S/C22H29Cl2N5O2/c1-13(2)22(21(26)31,29(3)4)16(9-14-5-7-17(23)18(24)10-14)20(30)28-12-15-6-8-19(25)27-11-15/h5-8,10-11,13,16H,9,12H2,1-4H3,(H2,25,27)(H2,26,31)(H,28,30)/t16-,22?/m1/s1. The molecule has 0 aliphatic rings. The predicted molar refractivity (Wildman–Crippen MR) is 125 cm³/mol. The molecule has 0 aliphatic heterocycles. The van der Waals surface area contributed by atoms with Crippen LogP contribution in [-0.2, 0) is 22.6 Å². The fourth-order valence-corrected chi connectivity index (χ4v) is 4.43. The van der Waals surface area contributed by atoms with Gasteiger partial charge in [-0.1, -0.05) is 49.2 Å². The maximum atomic E-state index is 13.5. The topological polar surface area (TPSA) is 114 Å². The van der Waals surface area contributed by atoms with Crippen LogP contribution in [0.3, 0.4) is 0 Å². The van der Waals surface area contributed by atoms with E-state index in [1.54, 1.807) is 55.5 Å². The summed E-state index contributed by atoms with van der Waals surface area (Å²) in [5.74, 6) is -1.49. The number of likely N-dealkylation sites (N-methyl/N-ethyl adjacent to an activating group) is 1. The first kappa shape index (κ1) is 24.9. The van der Waals surface area contributed by atoms with Crippen LogP contribution >= 0.6 is 23.2 Å². The first-order chi connectivity index (χ1) is 14.5. The van der Waals surface area contributed by atoms with Gasteiger partial charge < -0.3 is 16.8 Å². The molecule has 1 aromatic heterocycles. The number of nitrogens with zero attached hydrogens (tertiary/aromatic N) is 2. The molecule has 0 aliphatic carbocycles. The minimum Gasteiger partial charge on any atom is -0.384 e. The molecule has 0 radical (unpaired) electrons. The van der Waals surface area contributed by atoms with Crippen LogP contribution in [0.25, 0.3) is 0 Å². The molecule has 0 spiro atoms. The molecular weight excluding hydrogens is 437 g/mol. The molecule has 7 nitrogen and oxygen atoms in total. The smallest absolute Gasteiger partial charge is 0.239 e. The van der Waals surface area contributed by atoms with Gasteiger partial charge in [-0.2, -0.15) is 0 Å². The Hall–Kier alpha value is -2.35. The average molecular weight is 466 g/mol. The Morgan fingerprint density at radius 2 is 1.77 bits per heavy atom. The third-order valence-corrected chi connectivity index (χ3v) is 6.34. The predicted octanol–water partition coefficient (Wildman–Crippen LogP) is 2.89. The summed E-state index contributed by atoms with van der Waals surface area (Å²) in [7, 11) is 3.51. The third kappa shape index (κ3) is 5.47. The molecule has 1 unspecified atom stereocenters. The van der Waals surface area contributed by atoms with Crippen LogP contribution in [0.4, 0.5) is 5.82 Å². The number of carbonyl (C=O) groups excluding carboxylic acids is 2. The number of nitrogens with one attached hydrogen (secondary N) is 1. The van der Waals surface area contributed by atoms with Gasteiger partial charge in [0.05, 0.1) is 16.0 Å². The Balaban J connectivity index is 2.44. The van der Waals surface area contributed by atoms with Crippen molar-refractivity contribution in [2.45, 2.75) is 32.4 Å². The van der Waals surface area contributed by atoms with E-state index in [0.29, 0.717) is 15.9 Å². The van der Waals surface area contributed by atoms with Crippen molar-refractivity contribution in [1.82, 2.24) is 15.2 Å². The monoisotopic (exact) mass is 465 g/mol. The maximum absolute atomic E-state index is 13.5. The van der Waals surface area contributed by atoms with Crippen LogP contribution in [-0.4, -0.2) is 41.3 Å². The molecule has 0 saturated carbocycles. The first-order valence-electron chi connectivity index (χ1n) is 9.89. The molecular formula is C22H29Cl2N5O2. The Morgan fingerprint density at radius 3 is 2.26 bits per heavy atom. The number of hydrogen-bond acceptors (Lipinski definition) is 5. The van der Waals surface area contributed by atoms with Gasteiger partial charge in [-0.3, -0.25) is 14.5 Å². The number of nitrogen functional groups attached to an aromatic ring is 1. The summed E-state index contributed by atoms with van der Waals surface area (Å²) in [6, 6.07) is 8.61. The summed E-state index contributed by atoms with van der Waals surface area (Å²) in [4.78, 5) is 32.0. The highest BCUT2D eigenvalue weighted by Crippen LogP contribution is 2.35. The van der Waals surface area contributed by atoms with Crippen molar-refractivity contribution < 1.29 is 9.59 Å². The lowest BCUT2D eigenvalue weighted by Crippen LogP contribution is -2.66. The van der Waals surface area contributed by atoms with E-state index in [4.69, 9.17) is 34.7 Å². The summed E-state index contributed by atoms with van der Waals surface area (Å²) < 4.78 is 0. The zero-order valence-corrected chi connectivity index (χ0v) is 19.7. The second-order valence-electron chi connectivity index (χ2n) is 8.05. The molecule has 0 bridgehead atoms. The molecule has 2 aromatic rings. The van der Waals surface area contributed by atoms with Gasteiger partial charge in [0.15, 0.2) is 0 Å². The van der Waals surface area contributed by atoms with Crippen molar-refractivity contribution in [1.29, 1.82) is 0 Å². The van der Waals surface area contributed by atoms with Crippen LogP contribution in [0, 0.1) is 11.8 Å². The van der Waals surface area contributed by atoms with Crippen molar-refractivity contribution in [3.05, 3.63) is 57.7 Å². The van der Waals surface area contributed by atoms with Crippen molar-refractivity contribution in [3.63, 3.8) is 0 Å². The van der Waals surface area contributed by atoms with Gasteiger partial charge in [-0.15, -0.1) is 0 Å². The lowest BCUT2D eigenvalue weighted by Gasteiger charge is -2.45. The number of amides is 2. The average Bonchev–Trinajstić information content (AvgIpc) is 2.69. The summed E-state index contributed by atoms with van der Waals surface area (Å²) >= 11 is 12.2. The fraction of sp³-hybridized carbons (Fsp3) is 0.409. The van der Waals surface area contributed by atoms with Gasteiger partial charge in [0.2, 0.25) is 11.8 Å². The summed E-state index contributed by atoms with van der Waals surface area (Å²) in [5.41, 5.74) is 11.9. The Bertz CT molecular complexity index is 924. The minimum absolute atomic E-state index is 0.239. The number of aromatic nitrogens is 1. The number of hydrogen-bond donors (Lipinski definition) is 3.